The topological polar surface area (TPSA) is 17.1 Å². The van der Waals surface area contributed by atoms with Crippen LogP contribution in [-0.4, -0.2) is 6.29 Å². The fourth-order valence-electron chi connectivity index (χ4n) is 1.66. The van der Waals surface area contributed by atoms with E-state index in [9.17, 15) is 4.79 Å². The third-order valence-corrected chi connectivity index (χ3v) is 2.65. The van der Waals surface area contributed by atoms with E-state index in [1.165, 1.54) is 5.56 Å². The van der Waals surface area contributed by atoms with Crippen LogP contribution in [0, 0.1) is 0 Å². The second-order valence-electron chi connectivity index (χ2n) is 4.02. The largest absolute Gasteiger partial charge is 0.298 e. The molecule has 1 aromatic carbocycles. The molecule has 0 N–H and O–H groups in total. The first-order chi connectivity index (χ1) is 7.86. The van der Waals surface area contributed by atoms with Crippen molar-refractivity contribution in [2.24, 2.45) is 0 Å². The van der Waals surface area contributed by atoms with E-state index in [0.29, 0.717) is 0 Å². The zero-order valence-electron chi connectivity index (χ0n) is 9.99. The fourth-order valence-corrected chi connectivity index (χ4v) is 1.66. The number of hydrogen-bond donors (Lipinski definition) is 0. The van der Waals surface area contributed by atoms with Crippen LogP contribution < -0.4 is 0 Å². The Bertz CT molecular complexity index is 325. The molecular formula is C15H20O. The van der Waals surface area contributed by atoms with Gasteiger partial charge in [-0.15, -0.1) is 0 Å². The van der Waals surface area contributed by atoms with Crippen LogP contribution in [-0.2, 0) is 11.2 Å². The Morgan fingerprint density at radius 1 is 1.25 bits per heavy atom. The zero-order chi connectivity index (χ0) is 11.6. The lowest BCUT2D eigenvalue weighted by Gasteiger charge is -2.00. The number of allylic oxidation sites excluding steroid dienone is 2. The van der Waals surface area contributed by atoms with Crippen LogP contribution >= 0.6 is 0 Å². The number of unbranched alkanes of at least 4 members (excludes halogenated alkanes) is 1. The third-order valence-electron chi connectivity index (χ3n) is 2.65. The summed E-state index contributed by atoms with van der Waals surface area (Å²) in [5, 5.41) is 0. The van der Waals surface area contributed by atoms with Gasteiger partial charge in [-0.1, -0.05) is 49.8 Å². The van der Waals surface area contributed by atoms with Gasteiger partial charge in [-0.2, -0.15) is 0 Å². The Morgan fingerprint density at radius 3 is 2.62 bits per heavy atom. The minimum absolute atomic E-state index is 0.925. The number of carbonyl (C=O) groups excluding carboxylic acids is 1. The smallest absolute Gasteiger partial charge is 0.145 e. The van der Waals surface area contributed by atoms with E-state index in [1.807, 2.05) is 6.07 Å². The first-order valence-electron chi connectivity index (χ1n) is 6.05. The summed E-state index contributed by atoms with van der Waals surface area (Å²) in [6.07, 6.45) is 8.23. The highest BCUT2D eigenvalue weighted by atomic mass is 16.1. The van der Waals surface area contributed by atoms with Crippen LogP contribution in [0.4, 0.5) is 0 Å². The van der Waals surface area contributed by atoms with Crippen molar-refractivity contribution in [1.82, 2.24) is 0 Å². The highest BCUT2D eigenvalue weighted by molar-refractivity contribution is 5.72. The summed E-state index contributed by atoms with van der Waals surface area (Å²) in [4.78, 5) is 10.8. The molecule has 0 amide bonds. The van der Waals surface area contributed by atoms with Gasteiger partial charge in [-0.05, 0) is 36.8 Å². The molecule has 0 fully saturated rings. The first-order valence-corrected chi connectivity index (χ1v) is 6.05. The van der Waals surface area contributed by atoms with Gasteiger partial charge in [0.1, 0.15) is 6.29 Å². The monoisotopic (exact) mass is 216 g/mol. The number of rotatable bonds is 7. The maximum absolute atomic E-state index is 10.8. The molecular weight excluding hydrogens is 196 g/mol. The Labute approximate surface area is 98.2 Å². The summed E-state index contributed by atoms with van der Waals surface area (Å²) < 4.78 is 0. The average molecular weight is 216 g/mol. The van der Waals surface area contributed by atoms with E-state index in [0.717, 1.165) is 44.0 Å². The molecule has 0 saturated carbocycles. The lowest BCUT2D eigenvalue weighted by molar-refractivity contribution is -0.105. The average Bonchev–Trinajstić information content (AvgIpc) is 2.35. The maximum Gasteiger partial charge on any atom is 0.145 e. The minimum Gasteiger partial charge on any atom is -0.298 e. The molecule has 0 saturated heterocycles. The maximum atomic E-state index is 10.8. The van der Waals surface area contributed by atoms with Gasteiger partial charge in [-0.3, -0.25) is 4.79 Å². The van der Waals surface area contributed by atoms with Crippen molar-refractivity contribution >= 4 is 6.29 Å². The standard InChI is InChI=1S/C15H20O/c1-2-3-8-15(13-16)12-7-11-14-9-5-4-6-10-14/h4-6,9-10,12-13H,2-3,7-8,11H2,1H3/b15-12+. The normalized spacial score (nSPS) is 11.4. The summed E-state index contributed by atoms with van der Waals surface area (Å²) >= 11 is 0. The summed E-state index contributed by atoms with van der Waals surface area (Å²) in [6, 6.07) is 10.4. The van der Waals surface area contributed by atoms with Crippen LogP contribution in [0.2, 0.25) is 0 Å². The quantitative estimate of drug-likeness (QED) is 0.498. The van der Waals surface area contributed by atoms with Crippen molar-refractivity contribution in [1.29, 1.82) is 0 Å². The van der Waals surface area contributed by atoms with E-state index in [4.69, 9.17) is 0 Å². The predicted octanol–water partition coefficient (Wildman–Crippen LogP) is 3.93. The lowest BCUT2D eigenvalue weighted by atomic mass is 10.1. The second kappa shape index (κ2) is 7.86. The van der Waals surface area contributed by atoms with Crippen LogP contribution in [0.1, 0.15) is 38.2 Å². The van der Waals surface area contributed by atoms with Gasteiger partial charge in [0, 0.05) is 0 Å². The molecule has 0 radical (unpaired) electrons. The van der Waals surface area contributed by atoms with Crippen LogP contribution in [0.15, 0.2) is 42.0 Å². The van der Waals surface area contributed by atoms with Gasteiger partial charge in [0.2, 0.25) is 0 Å². The third kappa shape index (κ3) is 4.92. The summed E-state index contributed by atoms with van der Waals surface area (Å²) in [7, 11) is 0. The molecule has 0 atom stereocenters. The molecule has 0 aliphatic carbocycles. The number of aryl methyl sites for hydroxylation is 1. The Morgan fingerprint density at radius 2 is 2.00 bits per heavy atom. The number of aldehydes is 1. The second-order valence-corrected chi connectivity index (χ2v) is 4.02. The highest BCUT2D eigenvalue weighted by Crippen LogP contribution is 2.08. The fraction of sp³-hybridized carbons (Fsp3) is 0.400. The van der Waals surface area contributed by atoms with Crippen molar-refractivity contribution in [2.75, 3.05) is 0 Å². The number of benzene rings is 1. The Balaban J connectivity index is 2.37. The predicted molar refractivity (Wildman–Crippen MR) is 68.4 cm³/mol. The Hall–Kier alpha value is -1.37. The van der Waals surface area contributed by atoms with E-state index >= 15 is 0 Å². The van der Waals surface area contributed by atoms with Crippen molar-refractivity contribution in [2.45, 2.75) is 39.0 Å². The van der Waals surface area contributed by atoms with Crippen molar-refractivity contribution in [3.63, 3.8) is 0 Å². The molecule has 0 heterocycles. The molecule has 0 aromatic heterocycles. The molecule has 0 aliphatic heterocycles. The van der Waals surface area contributed by atoms with Crippen molar-refractivity contribution in [3.05, 3.63) is 47.5 Å². The highest BCUT2D eigenvalue weighted by Gasteiger charge is 1.95. The van der Waals surface area contributed by atoms with Crippen LogP contribution in [0.3, 0.4) is 0 Å². The van der Waals surface area contributed by atoms with Gasteiger partial charge in [0.15, 0.2) is 0 Å². The molecule has 1 heteroatoms. The molecule has 0 spiro atoms. The van der Waals surface area contributed by atoms with Crippen molar-refractivity contribution in [3.8, 4) is 0 Å². The zero-order valence-corrected chi connectivity index (χ0v) is 9.99. The van der Waals surface area contributed by atoms with Gasteiger partial charge in [-0.25, -0.2) is 0 Å². The molecule has 0 bridgehead atoms. The molecule has 1 rings (SSSR count). The van der Waals surface area contributed by atoms with Crippen LogP contribution in [0.5, 0.6) is 0 Å². The molecule has 16 heavy (non-hydrogen) atoms. The summed E-state index contributed by atoms with van der Waals surface area (Å²) in [6.45, 7) is 2.15. The SMILES string of the molecule is CCCC/C(C=O)=C\CCc1ccccc1. The molecule has 0 aliphatic rings. The molecule has 1 nitrogen and oxygen atoms in total. The first kappa shape index (κ1) is 12.7. The summed E-state index contributed by atoms with van der Waals surface area (Å²) in [5.74, 6) is 0. The van der Waals surface area contributed by atoms with E-state index in [2.05, 4.69) is 37.3 Å². The lowest BCUT2D eigenvalue weighted by Crippen LogP contribution is -1.88. The Kier molecular flexibility index (Phi) is 6.24. The van der Waals surface area contributed by atoms with Gasteiger partial charge < -0.3 is 0 Å². The van der Waals surface area contributed by atoms with Crippen molar-refractivity contribution < 1.29 is 4.79 Å². The van der Waals surface area contributed by atoms with Gasteiger partial charge in [0.25, 0.3) is 0 Å². The van der Waals surface area contributed by atoms with E-state index < -0.39 is 0 Å². The minimum atomic E-state index is 0.925. The van der Waals surface area contributed by atoms with E-state index in [-0.39, 0.29) is 0 Å². The van der Waals surface area contributed by atoms with Crippen LogP contribution in [0.25, 0.3) is 0 Å². The van der Waals surface area contributed by atoms with Gasteiger partial charge in [0.05, 0.1) is 0 Å². The van der Waals surface area contributed by atoms with Gasteiger partial charge >= 0.3 is 0 Å². The number of hydrogen-bond acceptors (Lipinski definition) is 1. The number of carbonyl (C=O) groups is 1. The summed E-state index contributed by atoms with van der Waals surface area (Å²) in [5.41, 5.74) is 2.29. The molecule has 1 aromatic rings. The van der Waals surface area contributed by atoms with E-state index in [1.54, 1.807) is 0 Å². The molecule has 0 unspecified atom stereocenters. The molecule has 86 valence electrons.